The van der Waals surface area contributed by atoms with Crippen LogP contribution in [0.4, 0.5) is 10.2 Å². The molecule has 1 saturated heterocycles. The van der Waals surface area contributed by atoms with Gasteiger partial charge in [0.15, 0.2) is 0 Å². The van der Waals surface area contributed by atoms with Crippen molar-refractivity contribution in [3.63, 3.8) is 0 Å². The normalized spacial score (nSPS) is 27.2. The van der Waals surface area contributed by atoms with Crippen LogP contribution in [0.1, 0.15) is 12.6 Å². The molecule has 15 nitrogen and oxygen atoms in total. The smallest absolute Gasteiger partial charge is 0.383 e. The van der Waals surface area contributed by atoms with Gasteiger partial charge in [-0.05, 0) is 6.07 Å². The van der Waals surface area contributed by atoms with Crippen LogP contribution in [0.15, 0.2) is 17.1 Å². The number of hydrogen-bond donors (Lipinski definition) is 5. The number of ether oxygens (including phenoxy) is 1. The number of alkyl halides is 1. The molecule has 6 N–H and O–H groups in total. The number of hydrogen-bond acceptors (Lipinski definition) is 10. The van der Waals surface area contributed by atoms with Gasteiger partial charge in [0.2, 0.25) is 0 Å². The Labute approximate surface area is 155 Å². The molecular formula is C9H15FN3O12P3. The highest BCUT2D eigenvalue weighted by Gasteiger charge is 2.43. The summed E-state index contributed by atoms with van der Waals surface area (Å²) in [5.41, 5.74) is 4.50. The Morgan fingerprint density at radius 3 is 2.46 bits per heavy atom. The second kappa shape index (κ2) is 8.38. The number of phosphoric acid groups is 3. The molecule has 5 atom stereocenters. The zero-order chi connectivity index (χ0) is 21.3. The van der Waals surface area contributed by atoms with Crippen LogP contribution in [0.2, 0.25) is 0 Å². The van der Waals surface area contributed by atoms with Crippen LogP contribution in [-0.4, -0.2) is 48.0 Å². The Kier molecular flexibility index (Phi) is 6.96. The predicted molar refractivity (Wildman–Crippen MR) is 86.1 cm³/mol. The van der Waals surface area contributed by atoms with Crippen molar-refractivity contribution in [2.24, 2.45) is 0 Å². The molecule has 1 aromatic heterocycles. The van der Waals surface area contributed by atoms with Crippen molar-refractivity contribution in [3.05, 3.63) is 22.7 Å². The van der Waals surface area contributed by atoms with Crippen LogP contribution in [-0.2, 0) is 31.6 Å². The number of halogens is 1. The molecule has 28 heavy (non-hydrogen) atoms. The first-order valence-corrected chi connectivity index (χ1v) is 11.6. The van der Waals surface area contributed by atoms with Crippen molar-refractivity contribution >= 4 is 29.3 Å². The molecule has 0 spiro atoms. The average molecular weight is 469 g/mol. The lowest BCUT2D eigenvalue weighted by atomic mass is 10.2. The van der Waals surface area contributed by atoms with E-state index in [1.54, 1.807) is 0 Å². The van der Waals surface area contributed by atoms with Gasteiger partial charge in [-0.25, -0.2) is 22.9 Å². The van der Waals surface area contributed by atoms with Crippen molar-refractivity contribution < 1.29 is 55.5 Å². The van der Waals surface area contributed by atoms with Gasteiger partial charge in [0.25, 0.3) is 0 Å². The van der Waals surface area contributed by atoms with E-state index in [2.05, 4.69) is 18.1 Å². The molecule has 0 aliphatic carbocycles. The summed E-state index contributed by atoms with van der Waals surface area (Å²) >= 11 is 0. The SMILES string of the molecule is Nc1ccn(C2CC(F)C(COP(=O)(O)OP(=O)(O)OP(=O)(O)O)O2)c(=O)n1. The summed E-state index contributed by atoms with van der Waals surface area (Å²) in [5, 5.41) is 0. The molecule has 19 heteroatoms. The molecule has 1 aromatic rings. The van der Waals surface area contributed by atoms with E-state index in [4.69, 9.17) is 25.2 Å². The molecule has 160 valence electrons. The third kappa shape index (κ3) is 6.79. The van der Waals surface area contributed by atoms with Crippen molar-refractivity contribution in [3.8, 4) is 0 Å². The van der Waals surface area contributed by atoms with Crippen molar-refractivity contribution in [2.75, 3.05) is 12.3 Å². The van der Waals surface area contributed by atoms with Crippen LogP contribution in [0, 0.1) is 0 Å². The van der Waals surface area contributed by atoms with Gasteiger partial charge >= 0.3 is 29.2 Å². The summed E-state index contributed by atoms with van der Waals surface area (Å²) in [4.78, 5) is 50.4. The Morgan fingerprint density at radius 2 is 1.89 bits per heavy atom. The molecular weight excluding hydrogens is 454 g/mol. The van der Waals surface area contributed by atoms with E-state index in [9.17, 15) is 27.8 Å². The summed E-state index contributed by atoms with van der Waals surface area (Å²) in [5.74, 6) is -0.0692. The third-order valence-electron chi connectivity index (χ3n) is 3.14. The second-order valence-corrected chi connectivity index (χ2v) is 9.73. The number of aromatic nitrogens is 2. The Balaban J connectivity index is 1.98. The topological polar surface area (TPSA) is 230 Å². The lowest BCUT2D eigenvalue weighted by Gasteiger charge is -2.19. The summed E-state index contributed by atoms with van der Waals surface area (Å²) in [6, 6.07) is 1.26. The van der Waals surface area contributed by atoms with E-state index in [-0.39, 0.29) is 12.2 Å². The summed E-state index contributed by atoms with van der Waals surface area (Å²) < 4.78 is 64.8. The first-order valence-electron chi connectivity index (χ1n) is 7.10. The molecule has 1 aliphatic heterocycles. The van der Waals surface area contributed by atoms with Crippen LogP contribution >= 0.6 is 23.5 Å². The maximum atomic E-state index is 14.1. The van der Waals surface area contributed by atoms with Gasteiger partial charge in [-0.2, -0.15) is 13.6 Å². The number of nitrogens with two attached hydrogens (primary N) is 1. The second-order valence-electron chi connectivity index (χ2n) is 5.31. The van der Waals surface area contributed by atoms with Gasteiger partial charge in [-0.1, -0.05) is 0 Å². The molecule has 0 radical (unpaired) electrons. The largest absolute Gasteiger partial charge is 0.490 e. The highest BCUT2D eigenvalue weighted by Crippen LogP contribution is 2.66. The highest BCUT2D eigenvalue weighted by atomic mass is 31.3. The number of phosphoric ester groups is 1. The molecule has 0 amide bonds. The Hall–Kier alpha value is -1.02. The van der Waals surface area contributed by atoms with E-state index in [0.717, 1.165) is 4.57 Å². The summed E-state index contributed by atoms with van der Waals surface area (Å²) in [6.45, 7) is -0.974. The lowest BCUT2D eigenvalue weighted by Crippen LogP contribution is -2.28. The maximum absolute atomic E-state index is 14.1. The maximum Gasteiger partial charge on any atom is 0.490 e. The molecule has 0 saturated carbocycles. The fraction of sp³-hybridized carbons (Fsp3) is 0.556. The minimum absolute atomic E-state index is 0.0692. The van der Waals surface area contributed by atoms with E-state index < -0.39 is 54.3 Å². The zero-order valence-electron chi connectivity index (χ0n) is 13.5. The minimum atomic E-state index is -5.68. The first-order chi connectivity index (χ1) is 12.7. The van der Waals surface area contributed by atoms with Gasteiger partial charge in [0.05, 0.1) is 6.61 Å². The zero-order valence-corrected chi connectivity index (χ0v) is 16.2. The average Bonchev–Trinajstić information content (AvgIpc) is 2.82. The summed E-state index contributed by atoms with van der Waals surface area (Å²) in [7, 11) is -16.6. The molecule has 2 heterocycles. The van der Waals surface area contributed by atoms with E-state index in [1.165, 1.54) is 12.3 Å². The number of nitrogens with zero attached hydrogens (tertiary/aromatic N) is 2. The lowest BCUT2D eigenvalue weighted by molar-refractivity contribution is -0.0348. The minimum Gasteiger partial charge on any atom is -0.383 e. The molecule has 0 bridgehead atoms. The van der Waals surface area contributed by atoms with Crippen LogP contribution < -0.4 is 11.4 Å². The van der Waals surface area contributed by atoms with Crippen LogP contribution in [0.25, 0.3) is 0 Å². The number of anilines is 1. The highest BCUT2D eigenvalue weighted by molar-refractivity contribution is 7.66. The molecule has 2 rings (SSSR count). The van der Waals surface area contributed by atoms with E-state index in [1.807, 2.05) is 0 Å². The quantitative estimate of drug-likeness (QED) is 0.310. The number of nitrogen functional groups attached to an aromatic ring is 1. The molecule has 0 aromatic carbocycles. The first kappa shape index (κ1) is 23.3. The van der Waals surface area contributed by atoms with Gasteiger partial charge in [0, 0.05) is 12.6 Å². The Bertz CT molecular complexity index is 919. The van der Waals surface area contributed by atoms with Crippen molar-refractivity contribution in [1.29, 1.82) is 0 Å². The Morgan fingerprint density at radius 1 is 1.25 bits per heavy atom. The van der Waals surface area contributed by atoms with E-state index in [0.29, 0.717) is 0 Å². The van der Waals surface area contributed by atoms with Gasteiger partial charge in [-0.15, -0.1) is 0 Å². The fourth-order valence-electron chi connectivity index (χ4n) is 2.13. The standard InChI is InChI=1S/C9H15FN3O12P3/c10-5-3-8(13-2-1-7(11)12-9(13)14)23-6(5)4-22-27(18,19)25-28(20,21)24-26(15,16)17/h1-2,5-6,8H,3-4H2,(H,18,19)(H,20,21)(H2,11,12,14)(H2,15,16,17). The number of rotatable bonds is 8. The monoisotopic (exact) mass is 469 g/mol. The molecule has 5 unspecified atom stereocenters. The van der Waals surface area contributed by atoms with Gasteiger partial charge in [-0.3, -0.25) is 9.09 Å². The summed E-state index contributed by atoms with van der Waals surface area (Å²) in [6.07, 6.45) is -3.55. The van der Waals surface area contributed by atoms with Gasteiger partial charge in [0.1, 0.15) is 24.3 Å². The van der Waals surface area contributed by atoms with Crippen molar-refractivity contribution in [1.82, 2.24) is 9.55 Å². The van der Waals surface area contributed by atoms with Crippen molar-refractivity contribution in [2.45, 2.75) is 24.9 Å². The van der Waals surface area contributed by atoms with Gasteiger partial charge < -0.3 is 30.0 Å². The molecule has 1 aliphatic rings. The van der Waals surface area contributed by atoms with Crippen LogP contribution in [0.3, 0.4) is 0 Å². The van der Waals surface area contributed by atoms with Crippen LogP contribution in [0.5, 0.6) is 0 Å². The fourth-order valence-corrected chi connectivity index (χ4v) is 5.16. The predicted octanol–water partition coefficient (Wildman–Crippen LogP) is -0.206. The third-order valence-corrected chi connectivity index (χ3v) is 6.94. The molecule has 1 fully saturated rings. The van der Waals surface area contributed by atoms with E-state index >= 15 is 0 Å².